The standard InChI is InChI=1S/C13H26N2O3/c1-11(2)15-7-8-18-12(10-15)9-14(3)6-4-5-13(16)17/h11-12H,4-10H2,1-3H3,(H,16,17). The summed E-state index contributed by atoms with van der Waals surface area (Å²) in [5.74, 6) is -0.719. The number of morpholine rings is 1. The quantitative estimate of drug-likeness (QED) is 0.735. The van der Waals surface area contributed by atoms with Crippen molar-refractivity contribution in [2.75, 3.05) is 39.8 Å². The monoisotopic (exact) mass is 258 g/mol. The average Bonchev–Trinajstić information content (AvgIpc) is 2.28. The third kappa shape index (κ3) is 5.80. The van der Waals surface area contributed by atoms with Crippen LogP contribution in [-0.2, 0) is 9.53 Å². The minimum Gasteiger partial charge on any atom is -0.481 e. The Labute approximate surface area is 110 Å². The lowest BCUT2D eigenvalue weighted by atomic mass is 10.2. The van der Waals surface area contributed by atoms with Gasteiger partial charge in [0.05, 0.1) is 12.7 Å². The first-order chi connectivity index (χ1) is 8.49. The van der Waals surface area contributed by atoms with E-state index in [1.165, 1.54) is 0 Å². The molecule has 0 bridgehead atoms. The van der Waals surface area contributed by atoms with E-state index in [-0.39, 0.29) is 12.5 Å². The summed E-state index contributed by atoms with van der Waals surface area (Å²) < 4.78 is 5.76. The van der Waals surface area contributed by atoms with Crippen molar-refractivity contribution in [2.45, 2.75) is 38.8 Å². The van der Waals surface area contributed by atoms with Crippen molar-refractivity contribution in [2.24, 2.45) is 0 Å². The molecule has 0 aromatic heterocycles. The van der Waals surface area contributed by atoms with E-state index < -0.39 is 5.97 Å². The average molecular weight is 258 g/mol. The molecule has 1 rings (SSSR count). The van der Waals surface area contributed by atoms with Crippen LogP contribution in [0.25, 0.3) is 0 Å². The predicted octanol–water partition coefficient (Wildman–Crippen LogP) is 0.892. The van der Waals surface area contributed by atoms with Crippen molar-refractivity contribution in [3.63, 3.8) is 0 Å². The Kier molecular flexibility index (Phi) is 6.60. The molecular formula is C13H26N2O3. The Morgan fingerprint density at radius 1 is 1.56 bits per heavy atom. The third-order valence-electron chi connectivity index (χ3n) is 3.35. The maximum Gasteiger partial charge on any atom is 0.303 e. The molecule has 1 unspecified atom stereocenters. The van der Waals surface area contributed by atoms with Crippen molar-refractivity contribution in [1.29, 1.82) is 0 Å². The molecular weight excluding hydrogens is 232 g/mol. The van der Waals surface area contributed by atoms with Gasteiger partial charge in [-0.25, -0.2) is 0 Å². The molecule has 1 saturated heterocycles. The number of likely N-dealkylation sites (N-methyl/N-ethyl adjacent to an activating group) is 1. The number of hydrogen-bond donors (Lipinski definition) is 1. The molecule has 5 heteroatoms. The molecule has 1 N–H and O–H groups in total. The zero-order chi connectivity index (χ0) is 13.5. The van der Waals surface area contributed by atoms with Gasteiger partial charge < -0.3 is 14.7 Å². The molecule has 0 amide bonds. The van der Waals surface area contributed by atoms with E-state index in [0.29, 0.717) is 12.5 Å². The summed E-state index contributed by atoms with van der Waals surface area (Å²) in [6, 6.07) is 0.564. The number of nitrogens with zero attached hydrogens (tertiary/aromatic N) is 2. The largest absolute Gasteiger partial charge is 0.481 e. The number of rotatable bonds is 7. The van der Waals surface area contributed by atoms with Gasteiger partial charge in [0.25, 0.3) is 0 Å². The van der Waals surface area contributed by atoms with E-state index in [1.807, 2.05) is 7.05 Å². The fraction of sp³-hybridized carbons (Fsp3) is 0.923. The molecule has 5 nitrogen and oxygen atoms in total. The minimum absolute atomic E-state index is 0.244. The van der Waals surface area contributed by atoms with E-state index in [2.05, 4.69) is 23.6 Å². The molecule has 0 radical (unpaired) electrons. The van der Waals surface area contributed by atoms with Crippen LogP contribution in [0.4, 0.5) is 0 Å². The summed E-state index contributed by atoms with van der Waals surface area (Å²) in [5.41, 5.74) is 0. The lowest BCUT2D eigenvalue weighted by Gasteiger charge is -2.37. The van der Waals surface area contributed by atoms with Crippen LogP contribution in [0.2, 0.25) is 0 Å². The molecule has 0 saturated carbocycles. The highest BCUT2D eigenvalue weighted by Crippen LogP contribution is 2.09. The number of ether oxygens (including phenoxy) is 1. The Balaban J connectivity index is 2.22. The van der Waals surface area contributed by atoms with E-state index >= 15 is 0 Å². The SMILES string of the molecule is CC(C)N1CCOC(CN(C)CCCC(=O)O)C1. The van der Waals surface area contributed by atoms with E-state index in [4.69, 9.17) is 9.84 Å². The lowest BCUT2D eigenvalue weighted by Crippen LogP contribution is -2.49. The molecule has 106 valence electrons. The normalized spacial score (nSPS) is 21.7. The molecule has 0 aliphatic carbocycles. The molecule has 1 aliphatic rings. The molecule has 1 aliphatic heterocycles. The molecule has 1 atom stereocenters. The summed E-state index contributed by atoms with van der Waals surface area (Å²) in [7, 11) is 2.03. The van der Waals surface area contributed by atoms with Crippen LogP contribution in [0.15, 0.2) is 0 Å². The van der Waals surface area contributed by atoms with Gasteiger partial charge in [-0.1, -0.05) is 0 Å². The topological polar surface area (TPSA) is 53.0 Å². The highest BCUT2D eigenvalue weighted by molar-refractivity contribution is 5.66. The van der Waals surface area contributed by atoms with Crippen LogP contribution in [0, 0.1) is 0 Å². The number of carboxylic acids is 1. The highest BCUT2D eigenvalue weighted by Gasteiger charge is 2.23. The van der Waals surface area contributed by atoms with Crippen LogP contribution in [-0.4, -0.2) is 72.9 Å². The van der Waals surface area contributed by atoms with Gasteiger partial charge in [-0.15, -0.1) is 0 Å². The van der Waals surface area contributed by atoms with Gasteiger partial charge in [0.1, 0.15) is 0 Å². The molecule has 0 aromatic carbocycles. The van der Waals surface area contributed by atoms with Gasteiger partial charge in [-0.2, -0.15) is 0 Å². The Morgan fingerprint density at radius 3 is 2.89 bits per heavy atom. The van der Waals surface area contributed by atoms with Crippen molar-refractivity contribution in [3.05, 3.63) is 0 Å². The molecule has 1 fully saturated rings. The Hall–Kier alpha value is -0.650. The van der Waals surface area contributed by atoms with Crippen LogP contribution >= 0.6 is 0 Å². The van der Waals surface area contributed by atoms with Gasteiger partial charge in [-0.05, 0) is 33.9 Å². The van der Waals surface area contributed by atoms with Gasteiger partial charge in [0.2, 0.25) is 0 Å². The van der Waals surface area contributed by atoms with E-state index in [0.717, 1.165) is 32.8 Å². The fourth-order valence-corrected chi connectivity index (χ4v) is 2.26. The predicted molar refractivity (Wildman–Crippen MR) is 70.8 cm³/mol. The van der Waals surface area contributed by atoms with Crippen molar-refractivity contribution < 1.29 is 14.6 Å². The fourth-order valence-electron chi connectivity index (χ4n) is 2.26. The van der Waals surface area contributed by atoms with Crippen LogP contribution in [0.3, 0.4) is 0 Å². The van der Waals surface area contributed by atoms with Crippen LogP contribution < -0.4 is 0 Å². The molecule has 0 aromatic rings. The van der Waals surface area contributed by atoms with Crippen LogP contribution in [0.1, 0.15) is 26.7 Å². The first kappa shape index (κ1) is 15.4. The summed E-state index contributed by atoms with van der Waals surface area (Å²) in [4.78, 5) is 15.0. The molecule has 18 heavy (non-hydrogen) atoms. The van der Waals surface area contributed by atoms with Crippen molar-refractivity contribution >= 4 is 5.97 Å². The molecule has 0 spiro atoms. The van der Waals surface area contributed by atoms with E-state index in [9.17, 15) is 4.79 Å². The van der Waals surface area contributed by atoms with Gasteiger partial charge >= 0.3 is 5.97 Å². The van der Waals surface area contributed by atoms with Crippen LogP contribution in [0.5, 0.6) is 0 Å². The van der Waals surface area contributed by atoms with Gasteiger partial charge in [0.15, 0.2) is 0 Å². The van der Waals surface area contributed by atoms with E-state index in [1.54, 1.807) is 0 Å². The number of aliphatic carboxylic acids is 1. The number of hydrogen-bond acceptors (Lipinski definition) is 4. The second-order valence-corrected chi connectivity index (χ2v) is 5.34. The maximum atomic E-state index is 10.4. The van der Waals surface area contributed by atoms with Crippen molar-refractivity contribution in [1.82, 2.24) is 9.80 Å². The second-order valence-electron chi connectivity index (χ2n) is 5.34. The maximum absolute atomic E-state index is 10.4. The summed E-state index contributed by atoms with van der Waals surface area (Å²) >= 11 is 0. The lowest BCUT2D eigenvalue weighted by molar-refractivity contribution is -0.137. The zero-order valence-electron chi connectivity index (χ0n) is 11.8. The third-order valence-corrected chi connectivity index (χ3v) is 3.35. The number of carboxylic acid groups (broad SMARTS) is 1. The Bertz CT molecular complexity index is 259. The van der Waals surface area contributed by atoms with Gasteiger partial charge in [0, 0.05) is 32.1 Å². The van der Waals surface area contributed by atoms with Crippen molar-refractivity contribution in [3.8, 4) is 0 Å². The first-order valence-corrected chi connectivity index (χ1v) is 6.75. The minimum atomic E-state index is -0.719. The summed E-state index contributed by atoms with van der Waals surface area (Å²) in [6.07, 6.45) is 1.19. The summed E-state index contributed by atoms with van der Waals surface area (Å²) in [5, 5.41) is 8.59. The number of carbonyl (C=O) groups is 1. The molecule has 1 heterocycles. The second kappa shape index (κ2) is 7.71. The zero-order valence-corrected chi connectivity index (χ0v) is 11.8. The summed E-state index contributed by atoms with van der Waals surface area (Å²) in [6.45, 7) is 8.89. The highest BCUT2D eigenvalue weighted by atomic mass is 16.5. The smallest absolute Gasteiger partial charge is 0.303 e. The van der Waals surface area contributed by atoms with Gasteiger partial charge in [-0.3, -0.25) is 9.69 Å². The Morgan fingerprint density at radius 2 is 2.28 bits per heavy atom. The first-order valence-electron chi connectivity index (χ1n) is 6.75.